The van der Waals surface area contributed by atoms with E-state index in [1.807, 2.05) is 0 Å². The lowest BCUT2D eigenvalue weighted by Gasteiger charge is -2.10. The maximum absolute atomic E-state index is 14.2. The number of rotatable bonds is 9. The van der Waals surface area contributed by atoms with E-state index in [4.69, 9.17) is 16.6 Å². The predicted octanol–water partition coefficient (Wildman–Crippen LogP) is 1.11. The molecule has 1 aromatic heterocycles. The van der Waals surface area contributed by atoms with Crippen LogP contribution in [0.15, 0.2) is 33.6 Å². The van der Waals surface area contributed by atoms with Gasteiger partial charge in [0.15, 0.2) is 11.7 Å². The number of aromatic carboxylic acids is 1. The van der Waals surface area contributed by atoms with Crippen LogP contribution in [0.25, 0.3) is 0 Å². The standard InChI is InChI=1S/C13H15FN6O4S3/c14-8-5-7(1-2-9(8)19-26-4-3-17-13(15)16)27(23,24)20-11-10(12(21)22)18-6-25-11/h1-2,5-6,19-20H,3-4H2,(H,21,22)(H4,15,16,17). The van der Waals surface area contributed by atoms with Crippen molar-refractivity contribution in [3.05, 3.63) is 35.2 Å². The van der Waals surface area contributed by atoms with E-state index in [0.717, 1.165) is 29.4 Å². The summed E-state index contributed by atoms with van der Waals surface area (Å²) in [5.41, 5.74) is 11.2. The Morgan fingerprint density at radius 1 is 1.41 bits per heavy atom. The zero-order valence-electron chi connectivity index (χ0n) is 13.5. The van der Waals surface area contributed by atoms with E-state index in [0.29, 0.717) is 12.3 Å². The SMILES string of the molecule is NC(N)=NCCSNc1ccc(S(=O)(=O)Nc2scnc2C(=O)O)cc1F. The lowest BCUT2D eigenvalue weighted by molar-refractivity contribution is 0.0692. The number of nitrogens with two attached hydrogens (primary N) is 2. The number of halogens is 1. The molecule has 0 aliphatic rings. The minimum atomic E-state index is -4.18. The number of nitrogens with one attached hydrogen (secondary N) is 2. The normalized spacial score (nSPS) is 11.0. The number of benzene rings is 1. The van der Waals surface area contributed by atoms with Crippen molar-refractivity contribution in [2.24, 2.45) is 16.5 Å². The highest BCUT2D eigenvalue weighted by Gasteiger charge is 2.22. The van der Waals surface area contributed by atoms with Crippen molar-refractivity contribution in [1.29, 1.82) is 0 Å². The van der Waals surface area contributed by atoms with Crippen molar-refractivity contribution in [3.63, 3.8) is 0 Å². The monoisotopic (exact) mass is 434 g/mol. The van der Waals surface area contributed by atoms with Crippen molar-refractivity contribution >= 4 is 55.9 Å². The Balaban J connectivity index is 2.08. The van der Waals surface area contributed by atoms with Gasteiger partial charge in [-0.05, 0) is 18.2 Å². The first kappa shape index (κ1) is 20.7. The summed E-state index contributed by atoms with van der Waals surface area (Å²) in [4.78, 5) is 18.0. The second-order valence-electron chi connectivity index (χ2n) is 4.84. The molecule has 0 saturated carbocycles. The molecule has 146 valence electrons. The molecule has 1 aromatic carbocycles. The van der Waals surface area contributed by atoms with Gasteiger partial charge >= 0.3 is 5.97 Å². The largest absolute Gasteiger partial charge is 0.476 e. The topological polar surface area (TPSA) is 173 Å². The third-order valence-corrected chi connectivity index (χ3v) is 5.89. The Morgan fingerprint density at radius 2 is 2.15 bits per heavy atom. The highest BCUT2D eigenvalue weighted by molar-refractivity contribution is 8.00. The summed E-state index contributed by atoms with van der Waals surface area (Å²) in [6.45, 7) is 0.332. The molecule has 0 fully saturated rings. The maximum Gasteiger partial charge on any atom is 0.357 e. The number of aliphatic imine (C=N–C) groups is 1. The molecule has 2 aromatic rings. The van der Waals surface area contributed by atoms with E-state index in [1.54, 1.807) is 0 Å². The number of guanidine groups is 1. The number of hydrogen-bond acceptors (Lipinski definition) is 8. The summed E-state index contributed by atoms with van der Waals surface area (Å²) in [5.74, 6) is -1.76. The van der Waals surface area contributed by atoms with Gasteiger partial charge in [-0.2, -0.15) is 0 Å². The van der Waals surface area contributed by atoms with Gasteiger partial charge in [-0.3, -0.25) is 9.71 Å². The van der Waals surface area contributed by atoms with Gasteiger partial charge in [0.1, 0.15) is 10.8 Å². The van der Waals surface area contributed by atoms with Gasteiger partial charge in [0.2, 0.25) is 0 Å². The van der Waals surface area contributed by atoms with Crippen molar-refractivity contribution in [2.45, 2.75) is 4.90 Å². The molecule has 0 aliphatic carbocycles. The van der Waals surface area contributed by atoms with Crippen LogP contribution in [0.1, 0.15) is 10.5 Å². The van der Waals surface area contributed by atoms with Gasteiger partial charge in [-0.15, -0.1) is 11.3 Å². The molecule has 0 radical (unpaired) electrons. The van der Waals surface area contributed by atoms with E-state index in [-0.39, 0.29) is 21.5 Å². The van der Waals surface area contributed by atoms with Gasteiger partial charge in [-0.25, -0.2) is 22.6 Å². The summed E-state index contributed by atoms with van der Waals surface area (Å²) in [7, 11) is -4.18. The van der Waals surface area contributed by atoms with Crippen LogP contribution >= 0.6 is 23.3 Å². The van der Waals surface area contributed by atoms with Crippen LogP contribution in [0, 0.1) is 5.82 Å². The summed E-state index contributed by atoms with van der Waals surface area (Å²) in [6.07, 6.45) is 0. The molecule has 14 heteroatoms. The summed E-state index contributed by atoms with van der Waals surface area (Å²) in [5, 5.41) is 8.80. The third-order valence-electron chi connectivity index (χ3n) is 2.92. The molecule has 2 rings (SSSR count). The number of carbonyl (C=O) groups is 1. The number of sulfonamides is 1. The fourth-order valence-corrected chi connectivity index (χ4v) is 4.35. The summed E-state index contributed by atoms with van der Waals surface area (Å²) in [6, 6.07) is 3.26. The average molecular weight is 435 g/mol. The Morgan fingerprint density at radius 3 is 2.78 bits per heavy atom. The fraction of sp³-hybridized carbons (Fsp3) is 0.154. The molecule has 27 heavy (non-hydrogen) atoms. The summed E-state index contributed by atoms with van der Waals surface area (Å²) >= 11 is 1.94. The Kier molecular flexibility index (Phi) is 6.81. The van der Waals surface area contributed by atoms with Crippen LogP contribution in [-0.2, 0) is 10.0 Å². The van der Waals surface area contributed by atoms with Crippen molar-refractivity contribution in [3.8, 4) is 0 Å². The van der Waals surface area contributed by atoms with E-state index in [2.05, 4.69) is 19.4 Å². The molecular weight excluding hydrogens is 419 g/mol. The second-order valence-corrected chi connectivity index (χ2v) is 8.28. The molecule has 0 atom stereocenters. The third kappa shape index (κ3) is 5.70. The zero-order chi connectivity index (χ0) is 20.0. The Labute approximate surface area is 162 Å². The maximum atomic E-state index is 14.2. The molecule has 0 aliphatic heterocycles. The van der Waals surface area contributed by atoms with Crippen LogP contribution in [-0.4, -0.2) is 42.7 Å². The first-order chi connectivity index (χ1) is 12.7. The molecule has 0 amide bonds. The van der Waals surface area contributed by atoms with E-state index in [9.17, 15) is 17.6 Å². The number of hydrogen-bond donors (Lipinski definition) is 5. The molecule has 0 saturated heterocycles. The van der Waals surface area contributed by atoms with E-state index < -0.39 is 27.5 Å². The van der Waals surface area contributed by atoms with Gasteiger partial charge in [-0.1, -0.05) is 11.9 Å². The van der Waals surface area contributed by atoms with E-state index in [1.165, 1.54) is 17.6 Å². The van der Waals surface area contributed by atoms with Crippen LogP contribution in [0.5, 0.6) is 0 Å². The van der Waals surface area contributed by atoms with Gasteiger partial charge in [0, 0.05) is 5.75 Å². The number of nitrogens with zero attached hydrogens (tertiary/aromatic N) is 2. The molecular formula is C13H15FN6O4S3. The quantitative estimate of drug-likeness (QED) is 0.168. The highest BCUT2D eigenvalue weighted by atomic mass is 32.2. The number of aromatic nitrogens is 1. The van der Waals surface area contributed by atoms with Crippen molar-refractivity contribution in [1.82, 2.24) is 4.98 Å². The zero-order valence-corrected chi connectivity index (χ0v) is 16.0. The summed E-state index contributed by atoms with van der Waals surface area (Å²) < 4.78 is 43.7. The first-order valence-electron chi connectivity index (χ1n) is 7.13. The van der Waals surface area contributed by atoms with E-state index >= 15 is 0 Å². The molecule has 0 bridgehead atoms. The average Bonchev–Trinajstić information content (AvgIpc) is 3.03. The smallest absolute Gasteiger partial charge is 0.357 e. The fourth-order valence-electron chi connectivity index (χ4n) is 1.75. The predicted molar refractivity (Wildman–Crippen MR) is 103 cm³/mol. The number of carboxylic acid groups (broad SMARTS) is 1. The van der Waals surface area contributed by atoms with Crippen molar-refractivity contribution in [2.75, 3.05) is 21.7 Å². The lowest BCUT2D eigenvalue weighted by Crippen LogP contribution is -2.23. The van der Waals surface area contributed by atoms with Crippen LogP contribution in [0.2, 0.25) is 0 Å². The van der Waals surface area contributed by atoms with Gasteiger partial charge in [0.05, 0.1) is 22.6 Å². The molecule has 10 nitrogen and oxygen atoms in total. The highest BCUT2D eigenvalue weighted by Crippen LogP contribution is 2.26. The molecule has 1 heterocycles. The first-order valence-corrected chi connectivity index (χ1v) is 10.5. The Bertz CT molecular complexity index is 959. The van der Waals surface area contributed by atoms with Crippen molar-refractivity contribution < 1.29 is 22.7 Å². The van der Waals surface area contributed by atoms with Crippen LogP contribution in [0.3, 0.4) is 0 Å². The number of thiazole rings is 1. The molecule has 0 spiro atoms. The molecule has 7 N–H and O–H groups in total. The second kappa shape index (κ2) is 8.88. The minimum Gasteiger partial charge on any atom is -0.476 e. The Hall–Kier alpha value is -2.58. The number of carboxylic acids is 1. The lowest BCUT2D eigenvalue weighted by atomic mass is 10.3. The van der Waals surface area contributed by atoms with Gasteiger partial charge in [0.25, 0.3) is 10.0 Å². The van der Waals surface area contributed by atoms with Crippen LogP contribution in [0.4, 0.5) is 15.1 Å². The molecule has 0 unspecified atom stereocenters. The van der Waals surface area contributed by atoms with Gasteiger partial charge < -0.3 is 21.3 Å². The number of anilines is 2. The van der Waals surface area contributed by atoms with Crippen LogP contribution < -0.4 is 20.9 Å². The minimum absolute atomic E-state index is 0.0455.